The Kier molecular flexibility index (Phi) is 4.01. The molecule has 0 unspecified atom stereocenters. The highest BCUT2D eigenvalue weighted by atomic mass is 35.5. The van der Waals surface area contributed by atoms with Crippen molar-refractivity contribution in [1.29, 1.82) is 0 Å². The van der Waals surface area contributed by atoms with Crippen molar-refractivity contribution in [1.82, 2.24) is 9.97 Å². The molecule has 116 valence electrons. The standard InChI is InChI=1S/C14H13ClFN3O2S/c15-12-8-10(16)2-3-13(12)22(20,21)11-4-7-19(9-11)14-17-5-1-6-18-14/h1-3,5-6,8,11H,4,7,9H2/t11-/m0/s1. The highest BCUT2D eigenvalue weighted by molar-refractivity contribution is 7.92. The zero-order valence-corrected chi connectivity index (χ0v) is 13.1. The summed E-state index contributed by atoms with van der Waals surface area (Å²) in [5, 5.41) is -0.700. The highest BCUT2D eigenvalue weighted by Crippen LogP contribution is 2.30. The Bertz CT molecular complexity index is 786. The minimum atomic E-state index is -3.62. The lowest BCUT2D eigenvalue weighted by molar-refractivity contribution is 0.582. The maximum absolute atomic E-state index is 13.1. The van der Waals surface area contributed by atoms with E-state index in [-0.39, 0.29) is 9.92 Å². The van der Waals surface area contributed by atoms with Crippen LogP contribution in [-0.4, -0.2) is 36.7 Å². The molecule has 0 amide bonds. The summed E-state index contributed by atoms with van der Waals surface area (Å²) in [6.45, 7) is 0.840. The van der Waals surface area contributed by atoms with Gasteiger partial charge >= 0.3 is 0 Å². The molecule has 0 N–H and O–H groups in total. The van der Waals surface area contributed by atoms with Gasteiger partial charge in [0.25, 0.3) is 0 Å². The molecule has 1 saturated heterocycles. The number of hydrogen-bond donors (Lipinski definition) is 0. The van der Waals surface area contributed by atoms with Crippen LogP contribution in [-0.2, 0) is 9.84 Å². The van der Waals surface area contributed by atoms with Gasteiger partial charge in [-0.1, -0.05) is 11.6 Å². The molecule has 1 aliphatic heterocycles. The van der Waals surface area contributed by atoms with Crippen molar-refractivity contribution >= 4 is 27.4 Å². The van der Waals surface area contributed by atoms with Gasteiger partial charge in [0.2, 0.25) is 5.95 Å². The first-order valence-corrected chi connectivity index (χ1v) is 8.62. The van der Waals surface area contributed by atoms with Crippen LogP contribution in [0.5, 0.6) is 0 Å². The van der Waals surface area contributed by atoms with Crippen molar-refractivity contribution < 1.29 is 12.8 Å². The summed E-state index contributed by atoms with van der Waals surface area (Å²) in [5.41, 5.74) is 0. The molecular formula is C14H13ClFN3O2S. The fourth-order valence-electron chi connectivity index (χ4n) is 2.50. The van der Waals surface area contributed by atoms with Crippen molar-refractivity contribution in [2.45, 2.75) is 16.6 Å². The second-order valence-corrected chi connectivity index (χ2v) is 7.63. The normalized spacial score (nSPS) is 18.6. The number of benzene rings is 1. The topological polar surface area (TPSA) is 63.2 Å². The first-order chi connectivity index (χ1) is 10.5. The Morgan fingerprint density at radius 3 is 2.68 bits per heavy atom. The lowest BCUT2D eigenvalue weighted by Gasteiger charge is -2.16. The molecule has 5 nitrogen and oxygen atoms in total. The first-order valence-electron chi connectivity index (χ1n) is 6.69. The zero-order valence-electron chi connectivity index (χ0n) is 11.5. The summed E-state index contributed by atoms with van der Waals surface area (Å²) >= 11 is 5.89. The number of hydrogen-bond acceptors (Lipinski definition) is 5. The maximum atomic E-state index is 13.1. The Morgan fingerprint density at radius 2 is 2.00 bits per heavy atom. The fraction of sp³-hybridized carbons (Fsp3) is 0.286. The van der Waals surface area contributed by atoms with Crippen LogP contribution in [0.1, 0.15) is 6.42 Å². The van der Waals surface area contributed by atoms with E-state index >= 15 is 0 Å². The molecule has 0 bridgehead atoms. The molecule has 1 aromatic carbocycles. The van der Waals surface area contributed by atoms with E-state index in [2.05, 4.69) is 9.97 Å². The van der Waals surface area contributed by atoms with Crippen molar-refractivity contribution in [3.63, 3.8) is 0 Å². The Hall–Kier alpha value is -1.73. The van der Waals surface area contributed by atoms with Crippen LogP contribution < -0.4 is 4.90 Å². The molecule has 0 aliphatic carbocycles. The monoisotopic (exact) mass is 341 g/mol. The van der Waals surface area contributed by atoms with Gasteiger partial charge in [0.1, 0.15) is 5.82 Å². The predicted molar refractivity (Wildman–Crippen MR) is 81.2 cm³/mol. The van der Waals surface area contributed by atoms with E-state index < -0.39 is 20.9 Å². The third-order valence-electron chi connectivity index (χ3n) is 3.62. The van der Waals surface area contributed by atoms with E-state index in [1.54, 1.807) is 18.5 Å². The van der Waals surface area contributed by atoms with Gasteiger partial charge in [-0.25, -0.2) is 22.8 Å². The van der Waals surface area contributed by atoms with Gasteiger partial charge in [-0.2, -0.15) is 0 Å². The molecule has 2 heterocycles. The second-order valence-electron chi connectivity index (χ2n) is 5.03. The van der Waals surface area contributed by atoms with Gasteiger partial charge in [0, 0.05) is 25.5 Å². The summed E-state index contributed by atoms with van der Waals surface area (Å²) in [6, 6.07) is 5.04. The molecule has 1 fully saturated rings. The van der Waals surface area contributed by atoms with E-state index in [4.69, 9.17) is 11.6 Å². The Labute approximate surface area is 132 Å². The van der Waals surface area contributed by atoms with Crippen molar-refractivity contribution in [2.24, 2.45) is 0 Å². The molecule has 0 radical (unpaired) electrons. The van der Waals surface area contributed by atoms with Crippen LogP contribution in [0.3, 0.4) is 0 Å². The molecule has 1 aromatic heterocycles. The number of nitrogens with zero attached hydrogens (tertiary/aromatic N) is 3. The predicted octanol–water partition coefficient (Wildman–Crippen LogP) is 2.32. The SMILES string of the molecule is O=S(=O)(c1ccc(F)cc1Cl)[C@H]1CCN(c2ncccn2)C1. The van der Waals surface area contributed by atoms with Gasteiger partial charge in [-0.3, -0.25) is 0 Å². The minimum Gasteiger partial charge on any atom is -0.339 e. The average molecular weight is 342 g/mol. The zero-order chi connectivity index (χ0) is 15.7. The molecule has 8 heteroatoms. The number of aromatic nitrogens is 2. The molecule has 0 saturated carbocycles. The van der Waals surface area contributed by atoms with Crippen LogP contribution in [0.2, 0.25) is 5.02 Å². The summed E-state index contributed by atoms with van der Waals surface area (Å²) in [4.78, 5) is 10.0. The number of halogens is 2. The Morgan fingerprint density at radius 1 is 1.27 bits per heavy atom. The van der Waals surface area contributed by atoms with Crippen molar-refractivity contribution in [3.05, 3.63) is 47.5 Å². The summed E-state index contributed by atoms with van der Waals surface area (Å²) in [5.74, 6) is -0.0555. The van der Waals surface area contributed by atoms with Gasteiger partial charge in [-0.05, 0) is 30.7 Å². The lowest BCUT2D eigenvalue weighted by atomic mass is 10.3. The van der Waals surface area contributed by atoms with Gasteiger partial charge < -0.3 is 4.90 Å². The van der Waals surface area contributed by atoms with Crippen LogP contribution in [0, 0.1) is 5.82 Å². The number of rotatable bonds is 3. The van der Waals surface area contributed by atoms with Crippen LogP contribution in [0.4, 0.5) is 10.3 Å². The van der Waals surface area contributed by atoms with E-state index in [1.807, 2.05) is 4.90 Å². The second kappa shape index (κ2) is 5.81. The third kappa shape index (κ3) is 2.78. The van der Waals surface area contributed by atoms with Crippen LogP contribution in [0.25, 0.3) is 0 Å². The van der Waals surface area contributed by atoms with Crippen LogP contribution in [0.15, 0.2) is 41.6 Å². The van der Waals surface area contributed by atoms with Crippen LogP contribution >= 0.6 is 11.6 Å². The third-order valence-corrected chi connectivity index (χ3v) is 6.28. The lowest BCUT2D eigenvalue weighted by Crippen LogP contribution is -2.28. The molecule has 0 spiro atoms. The van der Waals surface area contributed by atoms with Gasteiger partial charge in [0.05, 0.1) is 15.2 Å². The summed E-state index contributed by atoms with van der Waals surface area (Å²) in [7, 11) is -3.62. The average Bonchev–Trinajstić information content (AvgIpc) is 2.98. The van der Waals surface area contributed by atoms with E-state index in [0.717, 1.165) is 12.1 Å². The van der Waals surface area contributed by atoms with Gasteiger partial charge in [-0.15, -0.1) is 0 Å². The van der Waals surface area contributed by atoms with Crippen molar-refractivity contribution in [3.8, 4) is 0 Å². The molecular weight excluding hydrogens is 329 g/mol. The van der Waals surface area contributed by atoms with Gasteiger partial charge in [0.15, 0.2) is 9.84 Å². The Balaban J connectivity index is 1.85. The molecule has 1 aliphatic rings. The molecule has 2 aromatic rings. The van der Waals surface area contributed by atoms with E-state index in [9.17, 15) is 12.8 Å². The number of anilines is 1. The highest BCUT2D eigenvalue weighted by Gasteiger charge is 2.36. The first kappa shape index (κ1) is 15.2. The van der Waals surface area contributed by atoms with Crippen molar-refractivity contribution in [2.75, 3.05) is 18.0 Å². The molecule has 1 atom stereocenters. The van der Waals surface area contributed by atoms with E-state index in [1.165, 1.54) is 6.07 Å². The maximum Gasteiger partial charge on any atom is 0.225 e. The smallest absolute Gasteiger partial charge is 0.225 e. The minimum absolute atomic E-state index is 0.0311. The molecule has 3 rings (SSSR count). The number of sulfone groups is 1. The quantitative estimate of drug-likeness (QED) is 0.802. The largest absolute Gasteiger partial charge is 0.339 e. The summed E-state index contributed by atoms with van der Waals surface area (Å²) in [6.07, 6.45) is 3.68. The molecule has 22 heavy (non-hydrogen) atoms. The fourth-order valence-corrected chi connectivity index (χ4v) is 4.73. The van der Waals surface area contributed by atoms with E-state index in [0.29, 0.717) is 25.5 Å². The summed E-state index contributed by atoms with van der Waals surface area (Å²) < 4.78 is 38.4.